The van der Waals surface area contributed by atoms with Gasteiger partial charge < -0.3 is 9.84 Å². The van der Waals surface area contributed by atoms with Gasteiger partial charge in [0.05, 0.1) is 6.10 Å². The second-order valence-electron chi connectivity index (χ2n) is 4.46. The Balaban J connectivity index is 2.03. The summed E-state index contributed by atoms with van der Waals surface area (Å²) >= 11 is 0. The van der Waals surface area contributed by atoms with Gasteiger partial charge >= 0.3 is 6.61 Å². The van der Waals surface area contributed by atoms with E-state index in [1.165, 1.54) is 6.07 Å². The van der Waals surface area contributed by atoms with Gasteiger partial charge in [-0.15, -0.1) is 0 Å². The van der Waals surface area contributed by atoms with Crippen molar-refractivity contribution >= 4 is 0 Å². The molecule has 0 amide bonds. The number of hydrogen-bond donors (Lipinski definition) is 1. The third-order valence-corrected chi connectivity index (χ3v) is 3.04. The van der Waals surface area contributed by atoms with Gasteiger partial charge in [-0.3, -0.25) is 0 Å². The summed E-state index contributed by atoms with van der Waals surface area (Å²) in [6.07, 6.45) is 0.295. The minimum absolute atomic E-state index is 0.0306. The highest BCUT2D eigenvalue weighted by Crippen LogP contribution is 2.29. The van der Waals surface area contributed by atoms with Gasteiger partial charge in [-0.1, -0.05) is 48.5 Å². The topological polar surface area (TPSA) is 29.5 Å². The van der Waals surface area contributed by atoms with E-state index in [0.717, 1.165) is 5.56 Å². The van der Waals surface area contributed by atoms with E-state index in [0.29, 0.717) is 18.4 Å². The van der Waals surface area contributed by atoms with Crippen LogP contribution in [0.2, 0.25) is 0 Å². The molecule has 4 heteroatoms. The smallest absolute Gasteiger partial charge is 0.387 e. The molecule has 0 aliphatic rings. The number of para-hydroxylation sites is 1. The molecule has 1 unspecified atom stereocenters. The molecule has 1 N–H and O–H groups in total. The lowest BCUT2D eigenvalue weighted by atomic mass is 10.0. The molecule has 0 bridgehead atoms. The average Bonchev–Trinajstić information content (AvgIpc) is 2.46. The van der Waals surface area contributed by atoms with E-state index < -0.39 is 12.7 Å². The van der Waals surface area contributed by atoms with Crippen LogP contribution in [0.3, 0.4) is 0 Å². The minimum Gasteiger partial charge on any atom is -0.434 e. The van der Waals surface area contributed by atoms with Crippen LogP contribution in [0.1, 0.15) is 23.7 Å². The molecule has 2 rings (SSSR count). The third-order valence-electron chi connectivity index (χ3n) is 3.04. The van der Waals surface area contributed by atoms with Gasteiger partial charge in [0.2, 0.25) is 0 Å². The van der Waals surface area contributed by atoms with Crippen LogP contribution in [0, 0.1) is 0 Å². The summed E-state index contributed by atoms with van der Waals surface area (Å²) in [5.74, 6) is 0.0306. The molecular weight excluding hydrogens is 262 g/mol. The number of halogens is 2. The molecule has 2 nitrogen and oxygen atoms in total. The van der Waals surface area contributed by atoms with Crippen molar-refractivity contribution in [3.63, 3.8) is 0 Å². The maximum absolute atomic E-state index is 12.3. The SMILES string of the molecule is OC(CCc1ccccc1)c1ccccc1OC(F)F. The fraction of sp³-hybridized carbons (Fsp3) is 0.250. The van der Waals surface area contributed by atoms with Crippen molar-refractivity contribution < 1.29 is 18.6 Å². The Hall–Kier alpha value is -1.94. The van der Waals surface area contributed by atoms with Crippen molar-refractivity contribution in [1.82, 2.24) is 0 Å². The number of benzene rings is 2. The van der Waals surface area contributed by atoms with Crippen molar-refractivity contribution in [2.24, 2.45) is 0 Å². The largest absolute Gasteiger partial charge is 0.434 e. The zero-order valence-corrected chi connectivity index (χ0v) is 10.9. The number of aliphatic hydroxyl groups excluding tert-OH is 1. The first kappa shape index (κ1) is 14.5. The van der Waals surface area contributed by atoms with Crippen molar-refractivity contribution in [3.05, 3.63) is 65.7 Å². The molecule has 0 radical (unpaired) electrons. The number of alkyl halides is 2. The van der Waals surface area contributed by atoms with Crippen LogP contribution < -0.4 is 4.74 Å². The predicted octanol–water partition coefficient (Wildman–Crippen LogP) is 3.95. The lowest BCUT2D eigenvalue weighted by Gasteiger charge is -2.15. The molecular formula is C16H16F2O2. The third kappa shape index (κ3) is 4.03. The highest BCUT2D eigenvalue weighted by molar-refractivity contribution is 5.35. The number of hydrogen-bond acceptors (Lipinski definition) is 2. The molecule has 0 spiro atoms. The Morgan fingerprint density at radius 3 is 2.30 bits per heavy atom. The summed E-state index contributed by atoms with van der Waals surface area (Å²) in [6, 6.07) is 16.0. The highest BCUT2D eigenvalue weighted by atomic mass is 19.3. The average molecular weight is 278 g/mol. The zero-order chi connectivity index (χ0) is 14.4. The summed E-state index contributed by atoms with van der Waals surface area (Å²) in [6.45, 7) is -2.89. The monoisotopic (exact) mass is 278 g/mol. The van der Waals surface area contributed by atoms with E-state index in [9.17, 15) is 13.9 Å². The first-order chi connectivity index (χ1) is 9.66. The maximum Gasteiger partial charge on any atom is 0.387 e. The predicted molar refractivity (Wildman–Crippen MR) is 72.8 cm³/mol. The van der Waals surface area contributed by atoms with Crippen molar-refractivity contribution in [3.8, 4) is 5.75 Å². The van der Waals surface area contributed by atoms with Gasteiger partial charge in [0, 0.05) is 5.56 Å². The van der Waals surface area contributed by atoms with Gasteiger partial charge in [0.25, 0.3) is 0 Å². The first-order valence-electron chi connectivity index (χ1n) is 6.42. The van der Waals surface area contributed by atoms with Gasteiger partial charge in [-0.25, -0.2) is 0 Å². The molecule has 0 saturated carbocycles. The van der Waals surface area contributed by atoms with E-state index in [1.807, 2.05) is 30.3 Å². The van der Waals surface area contributed by atoms with E-state index in [1.54, 1.807) is 18.2 Å². The van der Waals surface area contributed by atoms with Crippen molar-refractivity contribution in [1.29, 1.82) is 0 Å². The van der Waals surface area contributed by atoms with Crippen molar-refractivity contribution in [2.75, 3.05) is 0 Å². The van der Waals surface area contributed by atoms with Crippen LogP contribution in [0.15, 0.2) is 54.6 Å². The summed E-state index contributed by atoms with van der Waals surface area (Å²) in [7, 11) is 0. The molecule has 0 heterocycles. The van der Waals surface area contributed by atoms with E-state index in [-0.39, 0.29) is 5.75 Å². The molecule has 0 fully saturated rings. The van der Waals surface area contributed by atoms with Crippen LogP contribution in [0.5, 0.6) is 5.75 Å². The van der Waals surface area contributed by atoms with Gasteiger partial charge in [-0.2, -0.15) is 8.78 Å². The maximum atomic E-state index is 12.3. The molecule has 2 aromatic carbocycles. The van der Waals surface area contributed by atoms with Gasteiger partial charge in [0.1, 0.15) is 5.75 Å². The fourth-order valence-electron chi connectivity index (χ4n) is 2.06. The van der Waals surface area contributed by atoms with Gasteiger partial charge in [0.15, 0.2) is 0 Å². The Labute approximate surface area is 116 Å². The number of aliphatic hydroxyl groups is 1. The normalized spacial score (nSPS) is 12.4. The number of rotatable bonds is 6. The van der Waals surface area contributed by atoms with Crippen LogP contribution >= 0.6 is 0 Å². The summed E-state index contributed by atoms with van der Waals surface area (Å²) in [4.78, 5) is 0. The molecule has 1 atom stereocenters. The van der Waals surface area contributed by atoms with Crippen LogP contribution in [0.4, 0.5) is 8.78 Å². The first-order valence-corrected chi connectivity index (χ1v) is 6.42. The van der Waals surface area contributed by atoms with E-state index in [4.69, 9.17) is 0 Å². The van der Waals surface area contributed by atoms with Crippen LogP contribution in [-0.2, 0) is 6.42 Å². The molecule has 106 valence electrons. The second-order valence-corrected chi connectivity index (χ2v) is 4.46. The lowest BCUT2D eigenvalue weighted by Crippen LogP contribution is -2.07. The Bertz CT molecular complexity index is 529. The Kier molecular flexibility index (Phi) is 5.07. The lowest BCUT2D eigenvalue weighted by molar-refractivity contribution is -0.0516. The summed E-state index contributed by atoms with van der Waals surface area (Å²) in [5.41, 5.74) is 1.49. The van der Waals surface area contributed by atoms with Crippen molar-refractivity contribution in [2.45, 2.75) is 25.6 Å². The second kappa shape index (κ2) is 7.01. The number of aryl methyl sites for hydroxylation is 1. The van der Waals surface area contributed by atoms with Crippen LogP contribution in [0.25, 0.3) is 0 Å². The van der Waals surface area contributed by atoms with E-state index in [2.05, 4.69) is 4.74 Å². The van der Waals surface area contributed by atoms with E-state index >= 15 is 0 Å². The molecule has 0 aliphatic heterocycles. The quantitative estimate of drug-likeness (QED) is 0.866. The standard InChI is InChI=1S/C16H16F2O2/c17-16(18)20-15-9-5-4-8-13(15)14(19)11-10-12-6-2-1-3-7-12/h1-9,14,16,19H,10-11H2. The fourth-order valence-corrected chi connectivity index (χ4v) is 2.06. The Morgan fingerprint density at radius 2 is 1.60 bits per heavy atom. The summed E-state index contributed by atoms with van der Waals surface area (Å²) in [5, 5.41) is 10.2. The summed E-state index contributed by atoms with van der Waals surface area (Å²) < 4.78 is 29.0. The zero-order valence-electron chi connectivity index (χ0n) is 10.9. The molecule has 0 saturated heterocycles. The molecule has 0 aliphatic carbocycles. The molecule has 0 aromatic heterocycles. The Morgan fingerprint density at radius 1 is 0.950 bits per heavy atom. The van der Waals surface area contributed by atoms with Gasteiger partial charge in [-0.05, 0) is 24.5 Å². The number of ether oxygens (including phenoxy) is 1. The highest BCUT2D eigenvalue weighted by Gasteiger charge is 2.15. The van der Waals surface area contributed by atoms with Crippen LogP contribution in [-0.4, -0.2) is 11.7 Å². The molecule has 20 heavy (non-hydrogen) atoms. The minimum atomic E-state index is -2.89. The molecule has 2 aromatic rings.